The molecular weight excluding hydrogens is 291 g/mol. The molecule has 4 heteroatoms. The summed E-state index contributed by atoms with van der Waals surface area (Å²) in [5.74, 6) is 0. The highest BCUT2D eigenvalue weighted by atomic mass is 35.5. The molecule has 2 aromatic carbocycles. The first-order valence-electron chi connectivity index (χ1n) is 5.44. The van der Waals surface area contributed by atoms with Gasteiger partial charge in [0.2, 0.25) is 0 Å². The van der Waals surface area contributed by atoms with Crippen LogP contribution in [0, 0.1) is 0 Å². The van der Waals surface area contributed by atoms with Crippen LogP contribution in [0.4, 0.5) is 0 Å². The molecule has 2 aromatic rings. The van der Waals surface area contributed by atoms with Crippen molar-refractivity contribution < 1.29 is 5.11 Å². The van der Waals surface area contributed by atoms with Crippen molar-refractivity contribution in [2.75, 3.05) is 0 Å². The number of hydrogen-bond acceptors (Lipinski definition) is 1. The third-order valence-electron chi connectivity index (χ3n) is 2.69. The van der Waals surface area contributed by atoms with E-state index in [0.29, 0.717) is 21.5 Å². The minimum atomic E-state index is -0.680. The fourth-order valence-electron chi connectivity index (χ4n) is 1.75. The second-order valence-corrected chi connectivity index (χ2v) is 5.23. The Morgan fingerprint density at radius 2 is 1.56 bits per heavy atom. The summed E-state index contributed by atoms with van der Waals surface area (Å²) in [5, 5.41) is 11.9. The van der Waals surface area contributed by atoms with Crippen molar-refractivity contribution in [2.45, 2.75) is 12.5 Å². The van der Waals surface area contributed by atoms with Crippen LogP contribution in [-0.4, -0.2) is 5.11 Å². The standard InChI is InChI=1S/C14H11Cl3O/c15-10-4-1-3-9(7-10)14(18)8-11-12(16)5-2-6-13(11)17/h1-7,14,18H,8H2. The number of benzene rings is 2. The maximum Gasteiger partial charge on any atom is 0.0831 e. The molecule has 1 nitrogen and oxygen atoms in total. The number of aliphatic hydroxyl groups excluding tert-OH is 1. The summed E-state index contributed by atoms with van der Waals surface area (Å²) in [6.07, 6.45) is -0.320. The summed E-state index contributed by atoms with van der Waals surface area (Å²) in [6, 6.07) is 12.4. The molecule has 0 aliphatic rings. The van der Waals surface area contributed by atoms with E-state index in [4.69, 9.17) is 34.8 Å². The van der Waals surface area contributed by atoms with Gasteiger partial charge in [-0.25, -0.2) is 0 Å². The summed E-state index contributed by atoms with van der Waals surface area (Å²) >= 11 is 18.0. The Bertz CT molecular complexity index is 534. The van der Waals surface area contributed by atoms with Crippen LogP contribution in [0.3, 0.4) is 0 Å². The van der Waals surface area contributed by atoms with Crippen LogP contribution in [0.1, 0.15) is 17.2 Å². The molecule has 94 valence electrons. The van der Waals surface area contributed by atoms with Crippen LogP contribution < -0.4 is 0 Å². The SMILES string of the molecule is OC(Cc1c(Cl)cccc1Cl)c1cccc(Cl)c1. The van der Waals surface area contributed by atoms with Gasteiger partial charge in [-0.2, -0.15) is 0 Å². The molecule has 1 unspecified atom stereocenters. The summed E-state index contributed by atoms with van der Waals surface area (Å²) in [5.41, 5.74) is 1.49. The molecule has 0 spiro atoms. The molecule has 0 fully saturated rings. The minimum Gasteiger partial charge on any atom is -0.388 e. The Labute approximate surface area is 121 Å². The van der Waals surface area contributed by atoms with E-state index in [1.165, 1.54) is 0 Å². The molecule has 0 bridgehead atoms. The Morgan fingerprint density at radius 1 is 0.944 bits per heavy atom. The van der Waals surface area contributed by atoms with Gasteiger partial charge in [0.15, 0.2) is 0 Å². The lowest BCUT2D eigenvalue weighted by Crippen LogP contribution is -2.02. The maximum absolute atomic E-state index is 10.2. The number of rotatable bonds is 3. The Morgan fingerprint density at radius 3 is 2.17 bits per heavy atom. The molecule has 0 aromatic heterocycles. The second-order valence-electron chi connectivity index (χ2n) is 3.98. The number of aliphatic hydroxyl groups is 1. The topological polar surface area (TPSA) is 20.2 Å². The van der Waals surface area contributed by atoms with E-state index >= 15 is 0 Å². The molecule has 0 saturated heterocycles. The largest absolute Gasteiger partial charge is 0.388 e. The molecule has 2 rings (SSSR count). The predicted molar refractivity (Wildman–Crippen MR) is 76.6 cm³/mol. The van der Waals surface area contributed by atoms with E-state index in [1.54, 1.807) is 36.4 Å². The van der Waals surface area contributed by atoms with E-state index < -0.39 is 6.10 Å². The summed E-state index contributed by atoms with van der Waals surface area (Å²) in [7, 11) is 0. The third kappa shape index (κ3) is 3.18. The average molecular weight is 302 g/mol. The van der Waals surface area contributed by atoms with Gasteiger partial charge in [0.25, 0.3) is 0 Å². The normalized spacial score (nSPS) is 12.4. The quantitative estimate of drug-likeness (QED) is 0.853. The van der Waals surface area contributed by atoms with Gasteiger partial charge in [0, 0.05) is 21.5 Å². The van der Waals surface area contributed by atoms with Crippen LogP contribution in [0.25, 0.3) is 0 Å². The lowest BCUT2D eigenvalue weighted by Gasteiger charge is -2.13. The summed E-state index contributed by atoms with van der Waals surface area (Å²) in [6.45, 7) is 0. The van der Waals surface area contributed by atoms with Gasteiger partial charge < -0.3 is 5.11 Å². The Balaban J connectivity index is 2.24. The second kappa shape index (κ2) is 5.94. The first kappa shape index (κ1) is 13.7. The number of hydrogen-bond donors (Lipinski definition) is 1. The van der Waals surface area contributed by atoms with Gasteiger partial charge in [-0.15, -0.1) is 0 Å². The first-order valence-corrected chi connectivity index (χ1v) is 6.57. The van der Waals surface area contributed by atoms with Crippen LogP contribution in [0.15, 0.2) is 42.5 Å². The summed E-state index contributed by atoms with van der Waals surface area (Å²) in [4.78, 5) is 0. The molecular formula is C14H11Cl3O. The molecule has 1 atom stereocenters. The fourth-order valence-corrected chi connectivity index (χ4v) is 2.50. The Kier molecular flexibility index (Phi) is 4.52. The predicted octanol–water partition coefficient (Wildman–Crippen LogP) is 4.92. The molecule has 0 heterocycles. The van der Waals surface area contributed by atoms with Crippen molar-refractivity contribution >= 4 is 34.8 Å². The lowest BCUT2D eigenvalue weighted by molar-refractivity contribution is 0.178. The number of halogens is 3. The van der Waals surface area contributed by atoms with Crippen LogP contribution in [0.2, 0.25) is 15.1 Å². The molecule has 18 heavy (non-hydrogen) atoms. The minimum absolute atomic E-state index is 0.360. The van der Waals surface area contributed by atoms with Gasteiger partial charge >= 0.3 is 0 Å². The molecule has 0 aliphatic heterocycles. The highest BCUT2D eigenvalue weighted by Gasteiger charge is 2.13. The smallest absolute Gasteiger partial charge is 0.0831 e. The average Bonchev–Trinajstić information content (AvgIpc) is 2.34. The molecule has 0 aliphatic carbocycles. The van der Waals surface area contributed by atoms with Crippen LogP contribution in [0.5, 0.6) is 0 Å². The van der Waals surface area contributed by atoms with Crippen LogP contribution in [-0.2, 0) is 6.42 Å². The van der Waals surface area contributed by atoms with Crippen molar-refractivity contribution in [1.82, 2.24) is 0 Å². The zero-order valence-corrected chi connectivity index (χ0v) is 11.7. The van der Waals surface area contributed by atoms with Gasteiger partial charge in [-0.3, -0.25) is 0 Å². The van der Waals surface area contributed by atoms with Gasteiger partial charge in [-0.1, -0.05) is 53.0 Å². The highest BCUT2D eigenvalue weighted by Crippen LogP contribution is 2.29. The van der Waals surface area contributed by atoms with Crippen molar-refractivity contribution in [3.63, 3.8) is 0 Å². The van der Waals surface area contributed by atoms with Crippen molar-refractivity contribution in [3.05, 3.63) is 68.7 Å². The molecule has 0 radical (unpaired) electrons. The molecule has 0 saturated carbocycles. The highest BCUT2D eigenvalue weighted by molar-refractivity contribution is 6.36. The van der Waals surface area contributed by atoms with E-state index in [2.05, 4.69) is 0 Å². The van der Waals surface area contributed by atoms with Crippen molar-refractivity contribution in [3.8, 4) is 0 Å². The van der Waals surface area contributed by atoms with Gasteiger partial charge in [0.05, 0.1) is 6.10 Å². The van der Waals surface area contributed by atoms with Gasteiger partial charge in [0.1, 0.15) is 0 Å². The van der Waals surface area contributed by atoms with Gasteiger partial charge in [-0.05, 0) is 35.4 Å². The zero-order valence-electron chi connectivity index (χ0n) is 9.41. The van der Waals surface area contributed by atoms with E-state index in [-0.39, 0.29) is 0 Å². The molecule has 1 N–H and O–H groups in total. The Hall–Kier alpha value is -0.730. The van der Waals surface area contributed by atoms with E-state index in [1.807, 2.05) is 6.07 Å². The maximum atomic E-state index is 10.2. The zero-order chi connectivity index (χ0) is 13.1. The third-order valence-corrected chi connectivity index (χ3v) is 3.64. The van der Waals surface area contributed by atoms with Crippen molar-refractivity contribution in [2.24, 2.45) is 0 Å². The van der Waals surface area contributed by atoms with E-state index in [9.17, 15) is 5.11 Å². The molecule has 0 amide bonds. The first-order chi connectivity index (χ1) is 8.58. The fraction of sp³-hybridized carbons (Fsp3) is 0.143. The van der Waals surface area contributed by atoms with Crippen molar-refractivity contribution in [1.29, 1.82) is 0 Å². The monoisotopic (exact) mass is 300 g/mol. The van der Waals surface area contributed by atoms with Crippen LogP contribution >= 0.6 is 34.8 Å². The van der Waals surface area contributed by atoms with E-state index in [0.717, 1.165) is 11.1 Å². The summed E-state index contributed by atoms with van der Waals surface area (Å²) < 4.78 is 0. The lowest BCUT2D eigenvalue weighted by atomic mass is 10.0.